The van der Waals surface area contributed by atoms with Gasteiger partial charge in [-0.05, 0) is 12.1 Å². The second-order valence-electron chi connectivity index (χ2n) is 2.69. The normalized spacial score (nSPS) is 9.69. The lowest BCUT2D eigenvalue weighted by molar-refractivity contribution is 0.0933. The lowest BCUT2D eigenvalue weighted by Gasteiger charge is -2.06. The average Bonchev–Trinajstić information content (AvgIpc) is 2.20. The first-order valence-corrected chi connectivity index (χ1v) is 4.30. The number of nitrogens with two attached hydrogens (primary N) is 1. The number of hydrogen-bond donors (Lipinski definition) is 3. The Bertz CT molecular complexity index is 453. The molecule has 0 aromatic heterocycles. The van der Waals surface area contributed by atoms with Gasteiger partial charge in [0.1, 0.15) is 11.6 Å². The van der Waals surface area contributed by atoms with Crippen LogP contribution in [0.2, 0.25) is 5.02 Å². The summed E-state index contributed by atoms with van der Waals surface area (Å²) in [7, 11) is 0. The van der Waals surface area contributed by atoms with Crippen LogP contribution in [0.3, 0.4) is 0 Å². The number of hydrogen-bond acceptors (Lipinski definition) is 2. The summed E-state index contributed by atoms with van der Waals surface area (Å²) < 4.78 is 26.1. The summed E-state index contributed by atoms with van der Waals surface area (Å²) >= 11 is 5.28. The summed E-state index contributed by atoms with van der Waals surface area (Å²) in [4.78, 5) is 21.5. The second kappa shape index (κ2) is 4.75. The monoisotopic (exact) mass is 249 g/mol. The van der Waals surface area contributed by atoms with Crippen LogP contribution in [-0.4, -0.2) is 11.9 Å². The van der Waals surface area contributed by atoms with E-state index in [1.807, 2.05) is 0 Å². The fourth-order valence-corrected chi connectivity index (χ4v) is 1.03. The van der Waals surface area contributed by atoms with Crippen molar-refractivity contribution in [3.63, 3.8) is 0 Å². The number of nitrogens with one attached hydrogen (secondary N) is 2. The van der Waals surface area contributed by atoms with Crippen molar-refractivity contribution in [3.05, 3.63) is 34.4 Å². The summed E-state index contributed by atoms with van der Waals surface area (Å²) in [6, 6.07) is 0.217. The number of halogens is 3. The van der Waals surface area contributed by atoms with Crippen LogP contribution in [0.1, 0.15) is 10.4 Å². The van der Waals surface area contributed by atoms with Gasteiger partial charge in [-0.15, -0.1) is 0 Å². The van der Waals surface area contributed by atoms with Crippen molar-refractivity contribution in [2.45, 2.75) is 0 Å². The minimum absolute atomic E-state index is 0.447. The smallest absolute Gasteiger partial charge is 0.330 e. The predicted molar refractivity (Wildman–Crippen MR) is 51.6 cm³/mol. The van der Waals surface area contributed by atoms with Crippen molar-refractivity contribution in [1.82, 2.24) is 10.9 Å². The molecule has 0 atom stereocenters. The minimum Gasteiger partial charge on any atom is -0.350 e. The van der Waals surface area contributed by atoms with Gasteiger partial charge in [-0.25, -0.2) is 19.0 Å². The van der Waals surface area contributed by atoms with Crippen molar-refractivity contribution in [2.75, 3.05) is 0 Å². The van der Waals surface area contributed by atoms with E-state index in [1.54, 1.807) is 10.9 Å². The number of benzene rings is 1. The molecule has 4 N–H and O–H groups in total. The Kier molecular flexibility index (Phi) is 3.62. The molecular formula is C8H6ClF2N3O2. The van der Waals surface area contributed by atoms with Crippen LogP contribution in [0.4, 0.5) is 13.6 Å². The van der Waals surface area contributed by atoms with Crippen molar-refractivity contribution in [1.29, 1.82) is 0 Å². The SMILES string of the molecule is NC(=O)NNC(=O)c1cc(F)c(Cl)cc1F. The Balaban J connectivity index is 2.91. The van der Waals surface area contributed by atoms with Gasteiger partial charge in [0, 0.05) is 0 Å². The van der Waals surface area contributed by atoms with E-state index in [1.165, 1.54) is 0 Å². The summed E-state index contributed by atoms with van der Waals surface area (Å²) in [5.41, 5.74) is 7.55. The molecule has 8 heteroatoms. The quantitative estimate of drug-likeness (QED) is 0.511. The van der Waals surface area contributed by atoms with E-state index in [0.29, 0.717) is 12.1 Å². The van der Waals surface area contributed by atoms with Crippen molar-refractivity contribution in [2.24, 2.45) is 5.73 Å². The summed E-state index contributed by atoms with van der Waals surface area (Å²) in [5, 5.41) is -0.447. The number of primary amides is 1. The molecule has 5 nitrogen and oxygen atoms in total. The molecule has 16 heavy (non-hydrogen) atoms. The maximum absolute atomic E-state index is 13.1. The van der Waals surface area contributed by atoms with E-state index in [4.69, 9.17) is 11.6 Å². The third kappa shape index (κ3) is 2.80. The van der Waals surface area contributed by atoms with E-state index < -0.39 is 34.2 Å². The van der Waals surface area contributed by atoms with Gasteiger partial charge in [0.2, 0.25) is 0 Å². The Morgan fingerprint density at radius 2 is 1.81 bits per heavy atom. The van der Waals surface area contributed by atoms with Gasteiger partial charge < -0.3 is 5.73 Å². The first kappa shape index (κ1) is 12.2. The largest absolute Gasteiger partial charge is 0.350 e. The number of hydrazine groups is 1. The molecule has 0 unspecified atom stereocenters. The van der Waals surface area contributed by atoms with E-state index >= 15 is 0 Å². The molecule has 3 amide bonds. The molecule has 0 heterocycles. The molecule has 86 valence electrons. The zero-order chi connectivity index (χ0) is 12.3. The Morgan fingerprint density at radius 3 is 2.38 bits per heavy atom. The molecule has 0 aliphatic rings. The first-order chi connectivity index (χ1) is 7.41. The van der Waals surface area contributed by atoms with Crippen molar-refractivity contribution >= 4 is 23.5 Å². The third-order valence-corrected chi connectivity index (χ3v) is 1.84. The summed E-state index contributed by atoms with van der Waals surface area (Å²) in [6.45, 7) is 0. The molecule has 1 aromatic carbocycles. The minimum atomic E-state index is -1.05. The number of carbonyl (C=O) groups is 2. The highest BCUT2D eigenvalue weighted by atomic mass is 35.5. The van der Waals surface area contributed by atoms with Crippen LogP contribution < -0.4 is 16.6 Å². The second-order valence-corrected chi connectivity index (χ2v) is 3.10. The van der Waals surface area contributed by atoms with Gasteiger partial charge in [0.15, 0.2) is 0 Å². The van der Waals surface area contributed by atoms with E-state index in [9.17, 15) is 18.4 Å². The van der Waals surface area contributed by atoms with Crippen LogP contribution in [0.15, 0.2) is 12.1 Å². The number of carbonyl (C=O) groups excluding carboxylic acids is 2. The molecule has 0 radical (unpaired) electrons. The van der Waals surface area contributed by atoms with Gasteiger partial charge >= 0.3 is 6.03 Å². The molecule has 0 aliphatic heterocycles. The summed E-state index contributed by atoms with van der Waals surface area (Å²) in [5.74, 6) is -3.02. The fourth-order valence-electron chi connectivity index (χ4n) is 0.882. The number of amides is 3. The van der Waals surface area contributed by atoms with Crippen LogP contribution >= 0.6 is 11.6 Å². The van der Waals surface area contributed by atoms with E-state index in [2.05, 4.69) is 5.73 Å². The Hall–Kier alpha value is -1.89. The first-order valence-electron chi connectivity index (χ1n) is 3.92. The third-order valence-electron chi connectivity index (χ3n) is 1.55. The van der Waals surface area contributed by atoms with Crippen LogP contribution in [-0.2, 0) is 0 Å². The highest BCUT2D eigenvalue weighted by Gasteiger charge is 2.15. The van der Waals surface area contributed by atoms with Gasteiger partial charge in [-0.3, -0.25) is 10.2 Å². The molecule has 1 rings (SSSR count). The van der Waals surface area contributed by atoms with Crippen LogP contribution in [0, 0.1) is 11.6 Å². The highest BCUT2D eigenvalue weighted by molar-refractivity contribution is 6.30. The van der Waals surface area contributed by atoms with Crippen molar-refractivity contribution < 1.29 is 18.4 Å². The lowest BCUT2D eigenvalue weighted by Crippen LogP contribution is -2.44. The van der Waals surface area contributed by atoms with E-state index in [0.717, 1.165) is 0 Å². The predicted octanol–water partition coefficient (Wildman–Crippen LogP) is 0.931. The van der Waals surface area contributed by atoms with Gasteiger partial charge in [0.05, 0.1) is 10.6 Å². The van der Waals surface area contributed by atoms with Crippen LogP contribution in [0.25, 0.3) is 0 Å². The molecule has 0 aliphatic carbocycles. The average molecular weight is 250 g/mol. The lowest BCUT2D eigenvalue weighted by atomic mass is 10.2. The maximum Gasteiger partial charge on any atom is 0.330 e. The van der Waals surface area contributed by atoms with Gasteiger partial charge in [0.25, 0.3) is 5.91 Å². The summed E-state index contributed by atoms with van der Waals surface area (Å²) in [6.07, 6.45) is 0. The van der Waals surface area contributed by atoms with Crippen molar-refractivity contribution in [3.8, 4) is 0 Å². The van der Waals surface area contributed by atoms with Crippen LogP contribution in [0.5, 0.6) is 0 Å². The molecule has 1 aromatic rings. The number of urea groups is 1. The molecular weight excluding hydrogens is 244 g/mol. The molecule has 0 fully saturated rings. The number of rotatable bonds is 1. The molecule has 0 bridgehead atoms. The Morgan fingerprint density at radius 1 is 1.19 bits per heavy atom. The maximum atomic E-state index is 13.1. The standard InChI is InChI=1S/C8H6ClF2N3O2/c9-4-2-5(10)3(1-6(4)11)7(15)13-14-8(12)16/h1-2H,(H,13,15)(H3,12,14,16). The van der Waals surface area contributed by atoms with Gasteiger partial charge in [-0.1, -0.05) is 11.6 Å². The van der Waals surface area contributed by atoms with E-state index in [-0.39, 0.29) is 0 Å². The van der Waals surface area contributed by atoms with Gasteiger partial charge in [-0.2, -0.15) is 0 Å². The zero-order valence-electron chi connectivity index (χ0n) is 7.68. The topological polar surface area (TPSA) is 84.2 Å². The fraction of sp³-hybridized carbons (Fsp3) is 0. The zero-order valence-corrected chi connectivity index (χ0v) is 8.44. The Labute approximate surface area is 93.5 Å². The molecule has 0 saturated heterocycles. The highest BCUT2D eigenvalue weighted by Crippen LogP contribution is 2.18. The molecule has 0 spiro atoms. The molecule has 0 saturated carbocycles.